The molecule has 2 aromatic rings. The summed E-state index contributed by atoms with van der Waals surface area (Å²) >= 11 is 0. The molecule has 2 aliphatic carbocycles. The largest absolute Gasteiger partial charge is 0.323 e. The van der Waals surface area contributed by atoms with E-state index in [0.29, 0.717) is 12.3 Å². The lowest BCUT2D eigenvalue weighted by Gasteiger charge is -2.18. The predicted molar refractivity (Wildman–Crippen MR) is 111 cm³/mol. The molecule has 1 aromatic heterocycles. The average Bonchev–Trinajstić information content (AvgIpc) is 3.70. The van der Waals surface area contributed by atoms with Crippen LogP contribution in [-0.4, -0.2) is 53.2 Å². The normalized spacial score (nSPS) is 19.6. The number of hydrazone groups is 1. The minimum absolute atomic E-state index is 0.186. The molecule has 0 radical (unpaired) electrons. The van der Waals surface area contributed by atoms with Gasteiger partial charge in [0, 0.05) is 18.9 Å². The first-order chi connectivity index (χ1) is 14.2. The Hall–Kier alpha value is -2.61. The first-order valence-electron chi connectivity index (χ1n) is 10.3. The van der Waals surface area contributed by atoms with Crippen molar-refractivity contribution < 1.29 is 9.38 Å². The minimum Gasteiger partial charge on any atom is -0.323 e. The van der Waals surface area contributed by atoms with E-state index in [9.17, 15) is 4.39 Å². The fraction of sp³-hybridized carbons (Fsp3) is 0.524. The third kappa shape index (κ3) is 4.22. The van der Waals surface area contributed by atoms with Crippen molar-refractivity contribution in [3.8, 4) is 5.69 Å². The van der Waals surface area contributed by atoms with E-state index in [-0.39, 0.29) is 11.5 Å². The molecule has 2 saturated carbocycles. The van der Waals surface area contributed by atoms with E-state index in [0.717, 1.165) is 42.0 Å². The lowest BCUT2D eigenvalue weighted by Crippen LogP contribution is -2.81. The maximum atomic E-state index is 13.9. The minimum atomic E-state index is -0.448. The zero-order chi connectivity index (χ0) is 20.3. The van der Waals surface area contributed by atoms with E-state index >= 15 is 0 Å². The summed E-state index contributed by atoms with van der Waals surface area (Å²) in [7, 11) is 1.88. The maximum absolute atomic E-state index is 13.9. The standard InChI is InChI=1S/C21H28FN7/c1-24-11-8-17(26-23)13-25-20(12-22)21(9-10-21)16-4-6-18(7-5-16)29-14-19(27-28-29)15-2-3-15/h4-7,13-15,20,24H,2-3,8-12,23H2,1H3/p+1/t20-/m1/s1. The Kier molecular flexibility index (Phi) is 5.71. The smallest absolute Gasteiger partial charge is 0.188 e. The van der Waals surface area contributed by atoms with Crippen molar-refractivity contribution in [1.82, 2.24) is 20.3 Å². The van der Waals surface area contributed by atoms with Crippen LogP contribution in [0.4, 0.5) is 4.39 Å². The molecule has 7 nitrogen and oxygen atoms in total. The Balaban J connectivity index is 1.48. The number of rotatable bonds is 10. The summed E-state index contributed by atoms with van der Waals surface area (Å²) in [6.45, 7) is 0.321. The molecule has 4 N–H and O–H groups in total. The Morgan fingerprint density at radius 3 is 2.76 bits per heavy atom. The van der Waals surface area contributed by atoms with Crippen LogP contribution in [-0.2, 0) is 5.41 Å². The summed E-state index contributed by atoms with van der Waals surface area (Å²) in [5.74, 6) is 6.04. The number of aromatic nitrogens is 3. The van der Waals surface area contributed by atoms with Crippen LogP contribution in [0.3, 0.4) is 0 Å². The van der Waals surface area contributed by atoms with Crippen molar-refractivity contribution in [2.75, 3.05) is 20.3 Å². The molecule has 2 aliphatic rings. The van der Waals surface area contributed by atoms with E-state index < -0.39 is 6.67 Å². The number of benzene rings is 1. The summed E-state index contributed by atoms with van der Waals surface area (Å²) in [6.07, 6.45) is 8.80. The van der Waals surface area contributed by atoms with Crippen LogP contribution in [0.1, 0.15) is 49.3 Å². The Morgan fingerprint density at radius 2 is 2.17 bits per heavy atom. The molecule has 154 valence electrons. The second-order valence-electron chi connectivity index (χ2n) is 8.06. The number of nitrogens with one attached hydrogen (secondary N) is 2. The van der Waals surface area contributed by atoms with Crippen LogP contribution in [0, 0.1) is 0 Å². The summed E-state index contributed by atoms with van der Waals surface area (Å²) in [4.78, 5) is 3.23. The summed E-state index contributed by atoms with van der Waals surface area (Å²) < 4.78 is 15.7. The second-order valence-corrected chi connectivity index (χ2v) is 8.06. The highest BCUT2D eigenvalue weighted by atomic mass is 19.1. The monoisotopic (exact) mass is 398 g/mol. The van der Waals surface area contributed by atoms with Crippen LogP contribution < -0.4 is 16.2 Å². The Labute approximate surface area is 170 Å². The third-order valence-corrected chi connectivity index (χ3v) is 6.07. The molecule has 0 bridgehead atoms. The van der Waals surface area contributed by atoms with E-state index in [1.54, 1.807) is 6.21 Å². The lowest BCUT2D eigenvalue weighted by atomic mass is 9.88. The van der Waals surface area contributed by atoms with Crippen molar-refractivity contribution in [3.63, 3.8) is 0 Å². The zero-order valence-corrected chi connectivity index (χ0v) is 16.8. The number of hydrogen-bond acceptors (Lipinski definition) is 5. The van der Waals surface area contributed by atoms with Gasteiger partial charge < -0.3 is 11.2 Å². The lowest BCUT2D eigenvalue weighted by molar-refractivity contribution is -0.506. The Morgan fingerprint density at radius 1 is 1.41 bits per heavy atom. The van der Waals surface area contributed by atoms with Gasteiger partial charge in [0.25, 0.3) is 0 Å². The van der Waals surface area contributed by atoms with Gasteiger partial charge in [0.1, 0.15) is 5.71 Å². The van der Waals surface area contributed by atoms with E-state index in [1.807, 2.05) is 30.1 Å². The van der Waals surface area contributed by atoms with Crippen molar-refractivity contribution >= 4 is 11.9 Å². The number of alkyl halides is 1. The molecule has 1 heterocycles. The molecule has 29 heavy (non-hydrogen) atoms. The van der Waals surface area contributed by atoms with Gasteiger partial charge >= 0.3 is 0 Å². The SMILES string of the molecule is CNCCC(C=[NH+][C@H](CF)C1(c2ccc(-n3cc(C4CC4)nn3)cc2)CC1)=NN. The van der Waals surface area contributed by atoms with Gasteiger partial charge in [0.15, 0.2) is 18.9 Å². The van der Waals surface area contributed by atoms with Gasteiger partial charge in [-0.2, -0.15) is 5.10 Å². The molecular formula is C21H29FN7+. The number of nitrogens with two attached hydrogens (primary N) is 1. The fourth-order valence-corrected chi connectivity index (χ4v) is 3.86. The van der Waals surface area contributed by atoms with Gasteiger partial charge in [-0.05, 0) is 50.4 Å². The molecule has 4 rings (SSSR count). The molecule has 0 aliphatic heterocycles. The van der Waals surface area contributed by atoms with Crippen LogP contribution in [0.2, 0.25) is 0 Å². The predicted octanol–water partition coefficient (Wildman–Crippen LogP) is 0.590. The van der Waals surface area contributed by atoms with Crippen LogP contribution >= 0.6 is 0 Å². The highest BCUT2D eigenvalue weighted by Gasteiger charge is 2.54. The number of hydrogen-bond donors (Lipinski definition) is 3. The summed E-state index contributed by atoms with van der Waals surface area (Å²) in [5, 5.41) is 15.4. The van der Waals surface area contributed by atoms with Gasteiger partial charge in [0.2, 0.25) is 0 Å². The molecule has 0 unspecified atom stereocenters. The molecule has 2 fully saturated rings. The quantitative estimate of drug-likeness (QED) is 0.310. The fourth-order valence-electron chi connectivity index (χ4n) is 3.86. The van der Waals surface area contributed by atoms with Crippen LogP contribution in [0.5, 0.6) is 0 Å². The molecule has 8 heteroatoms. The van der Waals surface area contributed by atoms with Crippen LogP contribution in [0.15, 0.2) is 35.6 Å². The van der Waals surface area contributed by atoms with E-state index in [1.165, 1.54) is 12.8 Å². The number of nitrogens with zero attached hydrogens (tertiary/aromatic N) is 4. The van der Waals surface area contributed by atoms with Crippen molar-refractivity contribution in [2.24, 2.45) is 10.9 Å². The molecular weight excluding hydrogens is 369 g/mol. The summed E-state index contributed by atoms with van der Waals surface area (Å²) in [6, 6.07) is 7.96. The first kappa shape index (κ1) is 19.7. The first-order valence-corrected chi connectivity index (χ1v) is 10.3. The zero-order valence-electron chi connectivity index (χ0n) is 16.8. The van der Waals surface area contributed by atoms with Crippen molar-refractivity contribution in [3.05, 3.63) is 41.7 Å². The maximum Gasteiger partial charge on any atom is 0.188 e. The van der Waals surface area contributed by atoms with Gasteiger partial charge in [-0.3, -0.25) is 0 Å². The molecule has 0 amide bonds. The second kappa shape index (κ2) is 8.41. The molecule has 1 atom stereocenters. The van der Waals surface area contributed by atoms with Gasteiger partial charge in [-0.1, -0.05) is 17.3 Å². The van der Waals surface area contributed by atoms with Crippen LogP contribution in [0.25, 0.3) is 5.69 Å². The topological polar surface area (TPSA) is 95.1 Å². The average molecular weight is 399 g/mol. The molecule has 0 saturated heterocycles. The molecule has 0 spiro atoms. The van der Waals surface area contributed by atoms with Gasteiger partial charge in [0.05, 0.1) is 23.0 Å². The highest BCUT2D eigenvalue weighted by Crippen LogP contribution is 2.50. The van der Waals surface area contributed by atoms with E-state index in [4.69, 9.17) is 5.84 Å². The summed E-state index contributed by atoms with van der Waals surface area (Å²) in [5.41, 5.74) is 3.73. The van der Waals surface area contributed by atoms with E-state index in [2.05, 4.69) is 37.9 Å². The van der Waals surface area contributed by atoms with Gasteiger partial charge in [-0.15, -0.1) is 5.10 Å². The van der Waals surface area contributed by atoms with Crippen molar-refractivity contribution in [1.29, 1.82) is 0 Å². The Bertz CT molecular complexity index is 879. The van der Waals surface area contributed by atoms with Crippen molar-refractivity contribution in [2.45, 2.75) is 49.5 Å². The van der Waals surface area contributed by atoms with Gasteiger partial charge in [-0.25, -0.2) is 14.1 Å². The third-order valence-electron chi connectivity index (χ3n) is 6.07. The highest BCUT2D eigenvalue weighted by molar-refractivity contribution is 6.28. The molecule has 1 aromatic carbocycles. The number of halogens is 1.